The van der Waals surface area contributed by atoms with Crippen LogP contribution in [0.5, 0.6) is 0 Å². The number of benzene rings is 8. The average molecular weight is 573 g/mol. The van der Waals surface area contributed by atoms with Crippen LogP contribution in [0, 0.1) is 0 Å². The fraction of sp³-hybridized carbons (Fsp3) is 0. The van der Waals surface area contributed by atoms with Gasteiger partial charge in [-0.3, -0.25) is 0 Å². The zero-order chi connectivity index (χ0) is 38.6. The average Bonchev–Trinajstić information content (AvgIpc) is 3.59. The molecular formula is C42H27NO. The van der Waals surface area contributed by atoms with Crippen LogP contribution in [-0.4, -0.2) is 0 Å². The number of hydrogen-bond donors (Lipinski definition) is 0. The summed E-state index contributed by atoms with van der Waals surface area (Å²) in [5.41, 5.74) is 1.05. The summed E-state index contributed by atoms with van der Waals surface area (Å²) in [4.78, 5) is 1.28. The topological polar surface area (TPSA) is 16.4 Å². The molecule has 0 N–H and O–H groups in total. The first-order valence-corrected chi connectivity index (χ1v) is 14.1. The van der Waals surface area contributed by atoms with Gasteiger partial charge >= 0.3 is 0 Å². The molecule has 0 aliphatic rings. The highest BCUT2D eigenvalue weighted by atomic mass is 16.3. The molecule has 0 bridgehead atoms. The van der Waals surface area contributed by atoms with Gasteiger partial charge in [0.1, 0.15) is 11.2 Å². The van der Waals surface area contributed by atoms with E-state index in [1.165, 1.54) is 4.90 Å². The van der Waals surface area contributed by atoms with Gasteiger partial charge in [0, 0.05) is 21.8 Å². The predicted molar refractivity (Wildman–Crippen MR) is 186 cm³/mol. The van der Waals surface area contributed by atoms with Crippen LogP contribution < -0.4 is 4.90 Å². The van der Waals surface area contributed by atoms with Crippen LogP contribution in [0.3, 0.4) is 0 Å². The lowest BCUT2D eigenvalue weighted by Crippen LogP contribution is -2.10. The number of anilines is 3. The summed E-state index contributed by atoms with van der Waals surface area (Å²) in [6.07, 6.45) is 0. The van der Waals surface area contributed by atoms with E-state index in [-0.39, 0.29) is 45.5 Å². The molecule has 44 heavy (non-hydrogen) atoms. The zero-order valence-electron chi connectivity index (χ0n) is 34.1. The van der Waals surface area contributed by atoms with Crippen molar-refractivity contribution in [1.82, 2.24) is 0 Å². The summed E-state index contributed by atoms with van der Waals surface area (Å²) in [5, 5.41) is 3.78. The fourth-order valence-electron chi connectivity index (χ4n) is 6.04. The van der Waals surface area contributed by atoms with Gasteiger partial charge in [0.15, 0.2) is 0 Å². The van der Waals surface area contributed by atoms with Crippen molar-refractivity contribution in [2.75, 3.05) is 4.90 Å². The van der Waals surface area contributed by atoms with Crippen molar-refractivity contribution < 1.29 is 19.5 Å². The van der Waals surface area contributed by atoms with Crippen LogP contribution in [-0.2, 0) is 0 Å². The molecule has 9 rings (SSSR count). The van der Waals surface area contributed by atoms with E-state index in [0.717, 1.165) is 21.5 Å². The van der Waals surface area contributed by atoms with Gasteiger partial charge in [-0.25, -0.2) is 0 Å². The number of rotatable bonds is 4. The standard InChI is InChI=1S/C42H27NO/c1-4-15-33-28(10-1)13-7-18-34(33)31-22-25-32(26-23-31)43(38-19-8-14-29-11-2-5-16-35(29)38)39-20-9-21-40-41(39)37-27-24-30-12-3-6-17-36(30)42(37)44-40/h1-27H/i2D,5D,8D,11D,14D,16D,19D,22D,23D,25D,26D. The Labute approximate surface area is 270 Å². The van der Waals surface area contributed by atoms with Crippen molar-refractivity contribution in [3.8, 4) is 11.1 Å². The monoisotopic (exact) mass is 572 g/mol. The second-order valence-electron chi connectivity index (χ2n) is 10.5. The number of fused-ring (bicyclic) bond motifs is 7. The molecule has 1 aromatic heterocycles. The molecule has 1 heterocycles. The van der Waals surface area contributed by atoms with Crippen molar-refractivity contribution >= 4 is 71.3 Å². The maximum Gasteiger partial charge on any atom is 0.143 e. The molecule has 0 spiro atoms. The molecule has 0 radical (unpaired) electrons. The summed E-state index contributed by atoms with van der Waals surface area (Å²) in [6.45, 7) is 0. The van der Waals surface area contributed by atoms with Gasteiger partial charge < -0.3 is 9.32 Å². The van der Waals surface area contributed by atoms with E-state index in [0.29, 0.717) is 27.5 Å². The largest absolute Gasteiger partial charge is 0.455 e. The van der Waals surface area contributed by atoms with Crippen LogP contribution in [0.2, 0.25) is 0 Å². The van der Waals surface area contributed by atoms with E-state index in [2.05, 4.69) is 0 Å². The van der Waals surface area contributed by atoms with Gasteiger partial charge in [-0.2, -0.15) is 0 Å². The molecule has 9 aromatic rings. The first-order chi connectivity index (χ1) is 26.4. The molecule has 0 aliphatic carbocycles. The normalized spacial score (nSPS) is 15.1. The summed E-state index contributed by atoms with van der Waals surface area (Å²) >= 11 is 0. The molecule has 0 fully saturated rings. The highest BCUT2D eigenvalue weighted by Gasteiger charge is 2.21. The summed E-state index contributed by atoms with van der Waals surface area (Å²) in [5.74, 6) is 0. The molecule has 2 heteroatoms. The van der Waals surface area contributed by atoms with Gasteiger partial charge in [0.25, 0.3) is 0 Å². The Bertz CT molecular complexity index is 3100. The quantitative estimate of drug-likeness (QED) is 0.209. The fourth-order valence-corrected chi connectivity index (χ4v) is 6.04. The number of furan rings is 1. The van der Waals surface area contributed by atoms with Crippen molar-refractivity contribution in [1.29, 1.82) is 0 Å². The van der Waals surface area contributed by atoms with Crippen LogP contribution >= 0.6 is 0 Å². The number of nitrogens with zero attached hydrogens (tertiary/aromatic N) is 1. The highest BCUT2D eigenvalue weighted by Crippen LogP contribution is 2.46. The summed E-state index contributed by atoms with van der Waals surface area (Å²) < 4.78 is 106. The summed E-state index contributed by atoms with van der Waals surface area (Å²) in [7, 11) is 0. The zero-order valence-corrected chi connectivity index (χ0v) is 23.1. The lowest BCUT2D eigenvalue weighted by Gasteiger charge is -2.27. The molecule has 206 valence electrons. The van der Waals surface area contributed by atoms with E-state index >= 15 is 0 Å². The minimum absolute atomic E-state index is 0.0505. The Morgan fingerprint density at radius 2 is 1.20 bits per heavy atom. The molecule has 8 aromatic carbocycles. The number of hydrogen-bond acceptors (Lipinski definition) is 2. The van der Waals surface area contributed by atoms with E-state index in [9.17, 15) is 6.85 Å². The Kier molecular flexibility index (Phi) is 3.61. The highest BCUT2D eigenvalue weighted by molar-refractivity contribution is 6.20. The summed E-state index contributed by atoms with van der Waals surface area (Å²) in [6, 6.07) is 23.3. The minimum Gasteiger partial charge on any atom is -0.455 e. The van der Waals surface area contributed by atoms with Crippen LogP contribution in [0.4, 0.5) is 17.1 Å². The predicted octanol–water partition coefficient (Wildman–Crippen LogP) is 12.2. The van der Waals surface area contributed by atoms with Crippen molar-refractivity contribution in [3.63, 3.8) is 0 Å². The lowest BCUT2D eigenvalue weighted by molar-refractivity contribution is 0.672. The maximum absolute atomic E-state index is 9.60. The molecule has 0 saturated heterocycles. The van der Waals surface area contributed by atoms with Gasteiger partial charge in [-0.15, -0.1) is 0 Å². The Balaban J connectivity index is 1.48. The molecule has 0 amide bonds. The van der Waals surface area contributed by atoms with E-state index in [1.807, 2.05) is 66.7 Å². The second kappa shape index (κ2) is 9.86. The maximum atomic E-state index is 9.60. The van der Waals surface area contributed by atoms with E-state index in [1.54, 1.807) is 30.3 Å². The first-order valence-electron chi connectivity index (χ1n) is 19.6. The second-order valence-corrected chi connectivity index (χ2v) is 10.5. The van der Waals surface area contributed by atoms with Crippen LogP contribution in [0.25, 0.3) is 65.4 Å². The molecule has 0 atom stereocenters. The molecule has 2 nitrogen and oxygen atoms in total. The SMILES string of the molecule is [2H]c1c([2H])c(N(c2c([2H])c([2H])c([2H])c3c([2H])c([2H])c([2H])c([2H])c23)c2cccc3oc4c5ccccc5ccc4c23)c([2H])c([2H])c1-c1cccc2ccccc12. The van der Waals surface area contributed by atoms with Crippen molar-refractivity contribution in [3.05, 3.63) is 164 Å². The van der Waals surface area contributed by atoms with Crippen LogP contribution in [0.15, 0.2) is 168 Å². The Morgan fingerprint density at radius 1 is 0.477 bits per heavy atom. The van der Waals surface area contributed by atoms with Crippen LogP contribution in [0.1, 0.15) is 15.1 Å². The van der Waals surface area contributed by atoms with E-state index in [4.69, 9.17) is 12.6 Å². The van der Waals surface area contributed by atoms with Gasteiger partial charge in [-0.1, -0.05) is 127 Å². The molecular weight excluding hydrogens is 534 g/mol. The Hall–Kier alpha value is -5.86. The molecule has 0 aliphatic heterocycles. The van der Waals surface area contributed by atoms with Gasteiger partial charge in [0.2, 0.25) is 0 Å². The van der Waals surface area contributed by atoms with Gasteiger partial charge in [-0.05, 0) is 69.0 Å². The third-order valence-electron chi connectivity index (χ3n) is 8.02. The van der Waals surface area contributed by atoms with Crippen molar-refractivity contribution in [2.24, 2.45) is 0 Å². The molecule has 0 saturated carbocycles. The van der Waals surface area contributed by atoms with Gasteiger partial charge in [0.05, 0.1) is 31.8 Å². The first kappa shape index (κ1) is 16.1. The lowest BCUT2D eigenvalue weighted by atomic mass is 9.97. The van der Waals surface area contributed by atoms with E-state index < -0.39 is 54.4 Å². The molecule has 0 unspecified atom stereocenters. The van der Waals surface area contributed by atoms with Crippen molar-refractivity contribution in [2.45, 2.75) is 0 Å². The third-order valence-corrected chi connectivity index (χ3v) is 8.02. The Morgan fingerprint density at radius 3 is 2.09 bits per heavy atom. The third kappa shape index (κ3) is 3.82. The smallest absolute Gasteiger partial charge is 0.143 e. The minimum atomic E-state index is -0.643.